The van der Waals surface area contributed by atoms with Crippen molar-refractivity contribution in [2.24, 2.45) is 0 Å². The topological polar surface area (TPSA) is 36.9 Å². The molecule has 90 valence electrons. The van der Waals surface area contributed by atoms with Crippen LogP contribution < -0.4 is 0 Å². The number of aromatic amines is 1. The molecule has 1 aliphatic rings. The Labute approximate surface area is 102 Å². The number of hydrogen-bond donors (Lipinski definition) is 1. The van der Waals surface area contributed by atoms with E-state index in [2.05, 4.69) is 26.6 Å². The Hall–Kier alpha value is -0.680. The molecule has 0 spiro atoms. The zero-order valence-corrected chi connectivity index (χ0v) is 10.7. The standard InChI is InChI=1S/C11H20N4S/c1-2-5-10-12-13-11(16)15(10)9-8-14-6-3-4-7-14/h2-9H2,1H3,(H,13,16). The molecule has 2 rings (SSSR count). The van der Waals surface area contributed by atoms with Crippen LogP contribution in [-0.4, -0.2) is 39.3 Å². The molecule has 0 radical (unpaired) electrons. The lowest BCUT2D eigenvalue weighted by molar-refractivity contribution is 0.319. The van der Waals surface area contributed by atoms with Crippen molar-refractivity contribution >= 4 is 12.2 Å². The van der Waals surface area contributed by atoms with Gasteiger partial charge in [-0.25, -0.2) is 0 Å². The predicted octanol–water partition coefficient (Wildman–Crippen LogP) is 1.99. The quantitative estimate of drug-likeness (QED) is 0.800. The van der Waals surface area contributed by atoms with Crippen LogP contribution >= 0.6 is 12.2 Å². The summed E-state index contributed by atoms with van der Waals surface area (Å²) in [7, 11) is 0. The molecule has 4 nitrogen and oxygen atoms in total. The van der Waals surface area contributed by atoms with Gasteiger partial charge in [0.1, 0.15) is 5.82 Å². The summed E-state index contributed by atoms with van der Waals surface area (Å²) < 4.78 is 2.92. The number of hydrogen-bond acceptors (Lipinski definition) is 3. The summed E-state index contributed by atoms with van der Waals surface area (Å²) in [5.74, 6) is 1.10. The first-order valence-corrected chi connectivity index (χ1v) is 6.58. The Morgan fingerprint density at radius 2 is 2.06 bits per heavy atom. The third-order valence-electron chi connectivity index (χ3n) is 3.15. The molecule has 16 heavy (non-hydrogen) atoms. The van der Waals surface area contributed by atoms with Gasteiger partial charge in [0, 0.05) is 19.5 Å². The van der Waals surface area contributed by atoms with Crippen LogP contribution in [0.4, 0.5) is 0 Å². The summed E-state index contributed by atoms with van der Waals surface area (Å²) >= 11 is 5.25. The molecule has 5 heteroatoms. The number of nitrogens with one attached hydrogen (secondary N) is 1. The van der Waals surface area contributed by atoms with Crippen molar-refractivity contribution in [1.29, 1.82) is 0 Å². The highest BCUT2D eigenvalue weighted by molar-refractivity contribution is 7.71. The van der Waals surface area contributed by atoms with E-state index in [1.54, 1.807) is 0 Å². The first-order chi connectivity index (χ1) is 7.81. The molecule has 0 unspecified atom stereocenters. The van der Waals surface area contributed by atoms with Crippen LogP contribution in [-0.2, 0) is 13.0 Å². The molecule has 0 atom stereocenters. The molecule has 1 aromatic rings. The highest BCUT2D eigenvalue weighted by Crippen LogP contribution is 2.08. The SMILES string of the molecule is CCCc1n[nH]c(=S)n1CCN1CCCC1. The summed E-state index contributed by atoms with van der Waals surface area (Å²) in [5.41, 5.74) is 0. The monoisotopic (exact) mass is 240 g/mol. The zero-order chi connectivity index (χ0) is 11.4. The van der Waals surface area contributed by atoms with Gasteiger partial charge in [-0.3, -0.25) is 5.10 Å². The molecule has 0 amide bonds. The molecule has 1 saturated heterocycles. The van der Waals surface area contributed by atoms with E-state index >= 15 is 0 Å². The van der Waals surface area contributed by atoms with E-state index in [9.17, 15) is 0 Å². The third kappa shape index (κ3) is 2.71. The highest BCUT2D eigenvalue weighted by atomic mass is 32.1. The average Bonchev–Trinajstić information content (AvgIpc) is 2.88. The van der Waals surface area contributed by atoms with Gasteiger partial charge >= 0.3 is 0 Å². The van der Waals surface area contributed by atoms with E-state index in [1.165, 1.54) is 25.9 Å². The average molecular weight is 240 g/mol. The van der Waals surface area contributed by atoms with Crippen LogP contribution in [0, 0.1) is 4.77 Å². The van der Waals surface area contributed by atoms with Crippen LogP contribution in [0.2, 0.25) is 0 Å². The summed E-state index contributed by atoms with van der Waals surface area (Å²) in [6.07, 6.45) is 4.81. The van der Waals surface area contributed by atoms with Crippen LogP contribution in [0.3, 0.4) is 0 Å². The van der Waals surface area contributed by atoms with Gasteiger partial charge in [-0.15, -0.1) is 0 Å². The van der Waals surface area contributed by atoms with Crippen LogP contribution in [0.1, 0.15) is 32.0 Å². The number of likely N-dealkylation sites (tertiary alicyclic amines) is 1. The summed E-state index contributed by atoms with van der Waals surface area (Å²) in [4.78, 5) is 2.50. The predicted molar refractivity (Wildman–Crippen MR) is 67.1 cm³/mol. The normalized spacial score (nSPS) is 17.1. The van der Waals surface area contributed by atoms with E-state index in [1.807, 2.05) is 0 Å². The summed E-state index contributed by atoms with van der Waals surface area (Å²) in [6, 6.07) is 0. The number of rotatable bonds is 5. The van der Waals surface area contributed by atoms with Crippen molar-refractivity contribution in [3.8, 4) is 0 Å². The fraction of sp³-hybridized carbons (Fsp3) is 0.818. The van der Waals surface area contributed by atoms with Crippen LogP contribution in [0.15, 0.2) is 0 Å². The molecule has 1 N–H and O–H groups in total. The van der Waals surface area contributed by atoms with Crippen molar-refractivity contribution < 1.29 is 0 Å². The van der Waals surface area contributed by atoms with Gasteiger partial charge in [0.25, 0.3) is 0 Å². The van der Waals surface area contributed by atoms with E-state index < -0.39 is 0 Å². The lowest BCUT2D eigenvalue weighted by Gasteiger charge is -2.15. The zero-order valence-electron chi connectivity index (χ0n) is 9.91. The van der Waals surface area contributed by atoms with Gasteiger partial charge < -0.3 is 9.47 Å². The van der Waals surface area contributed by atoms with Crippen molar-refractivity contribution in [3.05, 3.63) is 10.6 Å². The molecule has 1 fully saturated rings. The van der Waals surface area contributed by atoms with Gasteiger partial charge in [-0.05, 0) is 44.6 Å². The molecule has 0 saturated carbocycles. The molecule has 1 aliphatic heterocycles. The number of nitrogens with zero attached hydrogens (tertiary/aromatic N) is 3. The minimum Gasteiger partial charge on any atom is -0.303 e. The second-order valence-corrected chi connectivity index (χ2v) is 4.78. The maximum Gasteiger partial charge on any atom is 0.195 e. The molecule has 0 aromatic carbocycles. The number of aromatic nitrogens is 3. The van der Waals surface area contributed by atoms with E-state index in [-0.39, 0.29) is 0 Å². The fourth-order valence-corrected chi connectivity index (χ4v) is 2.49. The number of H-pyrrole nitrogens is 1. The van der Waals surface area contributed by atoms with Crippen molar-refractivity contribution in [3.63, 3.8) is 0 Å². The lowest BCUT2D eigenvalue weighted by Crippen LogP contribution is -2.24. The first kappa shape index (κ1) is 11.8. The van der Waals surface area contributed by atoms with Gasteiger partial charge in [0.15, 0.2) is 4.77 Å². The molecule has 0 bridgehead atoms. The van der Waals surface area contributed by atoms with E-state index in [0.717, 1.165) is 36.5 Å². The van der Waals surface area contributed by atoms with Crippen molar-refractivity contribution in [1.82, 2.24) is 19.7 Å². The highest BCUT2D eigenvalue weighted by Gasteiger charge is 2.12. The maximum absolute atomic E-state index is 5.25. The Kier molecular flexibility index (Phi) is 4.12. The Morgan fingerprint density at radius 3 is 2.75 bits per heavy atom. The summed E-state index contributed by atoms with van der Waals surface area (Å²) in [5, 5.41) is 7.17. The van der Waals surface area contributed by atoms with Gasteiger partial charge in [-0.2, -0.15) is 5.10 Å². The van der Waals surface area contributed by atoms with Gasteiger partial charge in [-0.1, -0.05) is 6.92 Å². The third-order valence-corrected chi connectivity index (χ3v) is 3.46. The van der Waals surface area contributed by atoms with Crippen LogP contribution in [0.25, 0.3) is 0 Å². The largest absolute Gasteiger partial charge is 0.303 e. The van der Waals surface area contributed by atoms with Gasteiger partial charge in [0.2, 0.25) is 0 Å². The molecular formula is C11H20N4S. The minimum absolute atomic E-state index is 0.766. The Morgan fingerprint density at radius 1 is 1.31 bits per heavy atom. The smallest absolute Gasteiger partial charge is 0.195 e. The van der Waals surface area contributed by atoms with Crippen LogP contribution in [0.5, 0.6) is 0 Å². The molecular weight excluding hydrogens is 220 g/mol. The molecule has 2 heterocycles. The summed E-state index contributed by atoms with van der Waals surface area (Å²) in [6.45, 7) is 6.74. The second kappa shape index (κ2) is 5.59. The van der Waals surface area contributed by atoms with E-state index in [4.69, 9.17) is 12.2 Å². The van der Waals surface area contributed by atoms with E-state index in [0.29, 0.717) is 0 Å². The second-order valence-electron chi connectivity index (χ2n) is 4.40. The Balaban J connectivity index is 1.96. The fourth-order valence-electron chi connectivity index (χ4n) is 2.24. The van der Waals surface area contributed by atoms with Crippen molar-refractivity contribution in [2.45, 2.75) is 39.2 Å². The maximum atomic E-state index is 5.25. The molecule has 0 aliphatic carbocycles. The number of aryl methyl sites for hydroxylation is 1. The van der Waals surface area contributed by atoms with Crippen molar-refractivity contribution in [2.75, 3.05) is 19.6 Å². The first-order valence-electron chi connectivity index (χ1n) is 6.17. The Bertz CT molecular complexity index is 376. The van der Waals surface area contributed by atoms with Gasteiger partial charge in [0.05, 0.1) is 0 Å². The molecule has 1 aromatic heterocycles. The minimum atomic E-state index is 0.766. The lowest BCUT2D eigenvalue weighted by atomic mass is 10.3.